The van der Waals surface area contributed by atoms with Crippen LogP contribution in [-0.2, 0) is 9.53 Å². The summed E-state index contributed by atoms with van der Waals surface area (Å²) < 4.78 is 5.94. The van der Waals surface area contributed by atoms with E-state index in [4.69, 9.17) is 4.74 Å². The van der Waals surface area contributed by atoms with E-state index in [1.165, 1.54) is 154 Å². The van der Waals surface area contributed by atoms with Crippen molar-refractivity contribution in [3.8, 4) is 0 Å². The molecule has 0 aliphatic carbocycles. The lowest BCUT2D eigenvalue weighted by molar-refractivity contribution is -0.140. The molecule has 0 aliphatic rings. The van der Waals surface area contributed by atoms with Gasteiger partial charge in [0.2, 0.25) is 0 Å². The first kappa shape index (κ1) is 38.9. The molecule has 0 aliphatic heterocycles. The van der Waals surface area contributed by atoms with Gasteiger partial charge in [-0.3, -0.25) is 0 Å². The maximum atomic E-state index is 12.7. The van der Waals surface area contributed by atoms with Gasteiger partial charge in [0, 0.05) is 3.92 Å². The maximum absolute atomic E-state index is 12.7. The van der Waals surface area contributed by atoms with Gasteiger partial charge in [-0.05, 0) is 24.3 Å². The van der Waals surface area contributed by atoms with Crippen molar-refractivity contribution in [3.05, 3.63) is 0 Å². The van der Waals surface area contributed by atoms with Crippen LogP contribution < -0.4 is 0 Å². The largest absolute Gasteiger partial charge is 0.463 e. The normalized spacial score (nSPS) is 12.3. The molecule has 1 atom stereocenters. The van der Waals surface area contributed by atoms with E-state index in [0.29, 0.717) is 10.5 Å². The van der Waals surface area contributed by atoms with Crippen molar-refractivity contribution in [2.24, 2.45) is 0 Å². The van der Waals surface area contributed by atoms with Gasteiger partial charge >= 0.3 is 5.97 Å². The third-order valence-corrected chi connectivity index (χ3v) is 10.4. The number of unbranched alkanes of at least 4 members (excludes halogenated alkanes) is 22. The second-order valence-electron chi connectivity index (χ2n) is 11.3. The van der Waals surface area contributed by atoms with Crippen molar-refractivity contribution >= 4 is 52.1 Å². The van der Waals surface area contributed by atoms with Gasteiger partial charge in [0.25, 0.3) is 0 Å². The molecule has 5 heteroatoms. The summed E-state index contributed by atoms with van der Waals surface area (Å²) >= 11 is 6.00. The highest BCUT2D eigenvalue weighted by Crippen LogP contribution is 2.28. The van der Waals surface area contributed by atoms with Crippen LogP contribution in [0.4, 0.5) is 0 Å². The number of thioether (sulfide) groups is 2. The Bertz CT molecular complexity index is 446. The van der Waals surface area contributed by atoms with Crippen molar-refractivity contribution in [2.45, 2.75) is 183 Å². The number of alkyl halides is 1. The molecular formula is C33H65IO2S2. The van der Waals surface area contributed by atoms with Gasteiger partial charge in [-0.1, -0.05) is 185 Å². The molecule has 0 heterocycles. The molecule has 0 fully saturated rings. The molecule has 2 nitrogen and oxygen atoms in total. The molecule has 0 saturated heterocycles. The van der Waals surface area contributed by atoms with Crippen LogP contribution in [0.1, 0.15) is 175 Å². The van der Waals surface area contributed by atoms with Crippen molar-refractivity contribution in [1.29, 1.82) is 0 Å². The van der Waals surface area contributed by atoms with Gasteiger partial charge < -0.3 is 4.74 Å². The Labute approximate surface area is 261 Å². The molecule has 0 aromatic rings. The second kappa shape index (κ2) is 32.4. The molecule has 0 rings (SSSR count). The number of hydrogen-bond acceptors (Lipinski definition) is 4. The molecule has 228 valence electrons. The van der Waals surface area contributed by atoms with E-state index < -0.39 is 0 Å². The maximum Gasteiger partial charge on any atom is 0.329 e. The predicted molar refractivity (Wildman–Crippen MR) is 185 cm³/mol. The summed E-state index contributed by atoms with van der Waals surface area (Å²) in [4.78, 5) is 12.7. The molecule has 0 radical (unpaired) electrons. The van der Waals surface area contributed by atoms with Crippen LogP contribution in [0, 0.1) is 0 Å². The minimum Gasteiger partial charge on any atom is -0.463 e. The first-order chi connectivity index (χ1) is 18.6. The summed E-state index contributed by atoms with van der Waals surface area (Å²) in [5.74, 6) is 2.17. The summed E-state index contributed by atoms with van der Waals surface area (Å²) in [7, 11) is 0. The molecule has 38 heavy (non-hydrogen) atoms. The highest BCUT2D eigenvalue weighted by Gasteiger charge is 2.21. The van der Waals surface area contributed by atoms with E-state index in [-0.39, 0.29) is 10.6 Å². The lowest BCUT2D eigenvalue weighted by Crippen LogP contribution is -2.21. The second-order valence-corrected chi connectivity index (χ2v) is 16.1. The smallest absolute Gasteiger partial charge is 0.329 e. The fourth-order valence-electron chi connectivity index (χ4n) is 4.72. The van der Waals surface area contributed by atoms with E-state index in [2.05, 4.69) is 43.4 Å². The molecule has 0 spiro atoms. The highest BCUT2D eigenvalue weighted by atomic mass is 127. The van der Waals surface area contributed by atoms with Crippen LogP contribution in [0.5, 0.6) is 0 Å². The Morgan fingerprint density at radius 1 is 0.553 bits per heavy atom. The van der Waals surface area contributed by atoms with E-state index >= 15 is 0 Å². The van der Waals surface area contributed by atoms with Crippen LogP contribution >= 0.6 is 46.1 Å². The Hall–Kier alpha value is 0.900. The first-order valence-corrected chi connectivity index (χ1v) is 20.0. The average Bonchev–Trinajstić information content (AvgIpc) is 2.91. The Kier molecular flexibility index (Phi) is 33.2. The number of ether oxygens (including phenoxy) is 1. The van der Waals surface area contributed by atoms with Crippen LogP contribution in [0.15, 0.2) is 0 Å². The Balaban J connectivity index is 3.82. The zero-order valence-corrected chi connectivity index (χ0v) is 29.5. The molecule has 0 amide bonds. The summed E-state index contributed by atoms with van der Waals surface area (Å²) in [6, 6.07) is 0. The van der Waals surface area contributed by atoms with Crippen LogP contribution in [0.3, 0.4) is 0 Å². The minimum atomic E-state index is -0.0365. The SMILES string of the molecule is CCCCCCCCCCCCCCSC(SCCCCCCCCCCCCCC)C(=O)OCC(C)I. The lowest BCUT2D eigenvalue weighted by atomic mass is 10.1. The summed E-state index contributed by atoms with van der Waals surface area (Å²) in [6.07, 6.45) is 33.1. The van der Waals surface area contributed by atoms with Crippen molar-refractivity contribution in [2.75, 3.05) is 18.1 Å². The number of carbonyl (C=O) groups excluding carboxylic acids is 1. The molecule has 0 aromatic carbocycles. The fraction of sp³-hybridized carbons (Fsp3) is 0.970. The summed E-state index contributed by atoms with van der Waals surface area (Å²) in [6.45, 7) is 7.21. The van der Waals surface area contributed by atoms with Crippen molar-refractivity contribution in [1.82, 2.24) is 0 Å². The zero-order valence-electron chi connectivity index (χ0n) is 25.8. The van der Waals surface area contributed by atoms with Crippen LogP contribution in [0.25, 0.3) is 0 Å². The first-order valence-electron chi connectivity index (χ1n) is 16.7. The quantitative estimate of drug-likeness (QED) is 0.0239. The van der Waals surface area contributed by atoms with Gasteiger partial charge in [-0.15, -0.1) is 23.5 Å². The van der Waals surface area contributed by atoms with E-state index in [0.717, 1.165) is 11.5 Å². The molecule has 0 bridgehead atoms. The Morgan fingerprint density at radius 3 is 1.13 bits per heavy atom. The van der Waals surface area contributed by atoms with Crippen molar-refractivity contribution < 1.29 is 9.53 Å². The number of halogens is 1. The van der Waals surface area contributed by atoms with Crippen LogP contribution in [0.2, 0.25) is 0 Å². The van der Waals surface area contributed by atoms with E-state index in [1.807, 2.05) is 23.5 Å². The van der Waals surface area contributed by atoms with Gasteiger partial charge in [0.15, 0.2) is 0 Å². The van der Waals surface area contributed by atoms with E-state index in [9.17, 15) is 4.79 Å². The van der Waals surface area contributed by atoms with Gasteiger partial charge in [-0.2, -0.15) is 0 Å². The standard InChI is InChI=1S/C33H65IO2S2/c1-4-6-8-10-12-14-16-18-20-22-24-26-28-37-33(32(35)36-30-31(3)34)38-29-27-25-23-21-19-17-15-13-11-9-7-5-2/h31,33H,4-30H2,1-3H3. The number of rotatable bonds is 31. The van der Waals surface area contributed by atoms with Gasteiger partial charge in [0.05, 0.1) is 0 Å². The molecule has 0 aromatic heterocycles. The van der Waals surface area contributed by atoms with Crippen molar-refractivity contribution in [3.63, 3.8) is 0 Å². The number of hydrogen-bond donors (Lipinski definition) is 0. The topological polar surface area (TPSA) is 26.3 Å². The van der Waals surface area contributed by atoms with Gasteiger partial charge in [-0.25, -0.2) is 4.79 Å². The molecule has 0 N–H and O–H groups in total. The number of carbonyl (C=O) groups is 1. The highest BCUT2D eigenvalue weighted by molar-refractivity contribution is 14.1. The minimum absolute atomic E-state index is 0.00129. The zero-order chi connectivity index (χ0) is 27.9. The number of esters is 1. The fourth-order valence-corrected chi connectivity index (χ4v) is 7.44. The summed E-state index contributed by atoms with van der Waals surface area (Å²) in [5.41, 5.74) is 0. The molecule has 0 saturated carbocycles. The lowest BCUT2D eigenvalue weighted by Gasteiger charge is -2.16. The Morgan fingerprint density at radius 2 is 0.842 bits per heavy atom. The summed E-state index contributed by atoms with van der Waals surface area (Å²) in [5, 5.41) is 0. The third-order valence-electron chi connectivity index (χ3n) is 7.18. The molecular weight excluding hydrogens is 619 g/mol. The molecule has 1 unspecified atom stereocenters. The third kappa shape index (κ3) is 29.9. The van der Waals surface area contributed by atoms with Gasteiger partial charge in [0.1, 0.15) is 11.2 Å². The van der Waals surface area contributed by atoms with Crippen LogP contribution in [-0.4, -0.2) is 32.6 Å². The average molecular weight is 685 g/mol. The van der Waals surface area contributed by atoms with E-state index in [1.54, 1.807) is 0 Å². The predicted octanol–water partition coefficient (Wildman–Crippen LogP) is 12.5. The monoisotopic (exact) mass is 684 g/mol.